The van der Waals surface area contributed by atoms with E-state index in [9.17, 15) is 9.59 Å². The summed E-state index contributed by atoms with van der Waals surface area (Å²) in [5.41, 5.74) is 2.48. The van der Waals surface area contributed by atoms with Crippen molar-refractivity contribution in [2.75, 3.05) is 50.4 Å². The van der Waals surface area contributed by atoms with Crippen molar-refractivity contribution in [2.24, 2.45) is 0 Å². The van der Waals surface area contributed by atoms with E-state index in [2.05, 4.69) is 15.5 Å². The normalized spacial score (nSPS) is 14.8. The first-order chi connectivity index (χ1) is 15.7. The van der Waals surface area contributed by atoms with Crippen LogP contribution in [-0.4, -0.2) is 52.0 Å². The van der Waals surface area contributed by atoms with E-state index in [1.54, 1.807) is 31.4 Å². The molecular formula is C24H29N3O5. The van der Waals surface area contributed by atoms with Crippen molar-refractivity contribution in [1.82, 2.24) is 5.32 Å². The van der Waals surface area contributed by atoms with Crippen LogP contribution in [0.5, 0.6) is 11.5 Å². The first-order valence-electron chi connectivity index (χ1n) is 11.0. The van der Waals surface area contributed by atoms with E-state index in [1.165, 1.54) is 6.42 Å². The maximum Gasteiger partial charge on any atom is 0.255 e. The van der Waals surface area contributed by atoms with Crippen molar-refractivity contribution in [3.8, 4) is 11.5 Å². The predicted molar refractivity (Wildman–Crippen MR) is 122 cm³/mol. The van der Waals surface area contributed by atoms with Crippen LogP contribution in [-0.2, 0) is 4.74 Å². The Morgan fingerprint density at radius 2 is 1.81 bits per heavy atom. The Balaban J connectivity index is 1.52. The molecule has 2 aromatic carbocycles. The van der Waals surface area contributed by atoms with Gasteiger partial charge in [-0.05, 0) is 62.1 Å². The molecule has 32 heavy (non-hydrogen) atoms. The van der Waals surface area contributed by atoms with E-state index < -0.39 is 0 Å². The Hall–Kier alpha value is -3.26. The van der Waals surface area contributed by atoms with Crippen molar-refractivity contribution in [3.05, 3.63) is 47.5 Å². The average Bonchev–Trinajstić information content (AvgIpc) is 3.30. The van der Waals surface area contributed by atoms with Gasteiger partial charge in [0.25, 0.3) is 11.8 Å². The van der Waals surface area contributed by atoms with E-state index in [0.29, 0.717) is 41.5 Å². The number of carbonyl (C=O) groups is 2. The minimum atomic E-state index is -0.277. The Kier molecular flexibility index (Phi) is 7.11. The second-order valence-corrected chi connectivity index (χ2v) is 7.90. The maximum absolute atomic E-state index is 13.0. The van der Waals surface area contributed by atoms with E-state index >= 15 is 0 Å². The number of hydrogen-bond donors (Lipinski definition) is 2. The summed E-state index contributed by atoms with van der Waals surface area (Å²) in [5.74, 6) is 0.746. The molecule has 4 rings (SSSR count). The lowest BCUT2D eigenvalue weighted by molar-refractivity contribution is 0.0947. The first kappa shape index (κ1) is 22.0. The quantitative estimate of drug-likeness (QED) is 0.613. The van der Waals surface area contributed by atoms with Crippen molar-refractivity contribution in [1.29, 1.82) is 0 Å². The number of nitrogens with zero attached hydrogens (tertiary/aromatic N) is 1. The molecule has 0 aliphatic carbocycles. The fourth-order valence-electron chi connectivity index (χ4n) is 3.96. The molecule has 0 radical (unpaired) electrons. The van der Waals surface area contributed by atoms with Crippen LogP contribution in [0.25, 0.3) is 0 Å². The number of ether oxygens (including phenoxy) is 3. The molecule has 2 aliphatic rings. The fourth-order valence-corrected chi connectivity index (χ4v) is 3.96. The summed E-state index contributed by atoms with van der Waals surface area (Å²) in [6.07, 6.45) is 4.16. The van der Waals surface area contributed by atoms with Gasteiger partial charge in [0.1, 0.15) is 0 Å². The molecule has 0 atom stereocenters. The summed E-state index contributed by atoms with van der Waals surface area (Å²) >= 11 is 0. The zero-order chi connectivity index (χ0) is 22.3. The lowest BCUT2D eigenvalue weighted by Gasteiger charge is -2.30. The van der Waals surface area contributed by atoms with Crippen LogP contribution in [0, 0.1) is 0 Å². The number of piperidine rings is 1. The van der Waals surface area contributed by atoms with Crippen LogP contribution in [0.4, 0.5) is 11.4 Å². The first-order valence-corrected chi connectivity index (χ1v) is 11.0. The highest BCUT2D eigenvalue weighted by Crippen LogP contribution is 2.33. The van der Waals surface area contributed by atoms with Gasteiger partial charge >= 0.3 is 0 Å². The van der Waals surface area contributed by atoms with Gasteiger partial charge in [-0.25, -0.2) is 0 Å². The topological polar surface area (TPSA) is 89.1 Å². The standard InChI is InChI=1S/C24H29N3O5/c1-30-13-5-10-25-24(29)19-15-18(7-8-20(19)27-11-3-2-4-12-27)26-23(28)17-6-9-21-22(14-17)32-16-31-21/h6-9,14-15H,2-5,10-13,16H2,1H3,(H,25,29)(H,26,28). The van der Waals surface area contributed by atoms with Gasteiger partial charge in [-0.15, -0.1) is 0 Å². The average molecular weight is 440 g/mol. The molecule has 1 fully saturated rings. The highest BCUT2D eigenvalue weighted by molar-refractivity contribution is 6.06. The van der Waals surface area contributed by atoms with Gasteiger partial charge in [0.2, 0.25) is 6.79 Å². The minimum absolute atomic E-state index is 0.152. The highest BCUT2D eigenvalue weighted by Gasteiger charge is 2.21. The van der Waals surface area contributed by atoms with E-state index in [0.717, 1.165) is 38.0 Å². The Morgan fingerprint density at radius 1 is 1.00 bits per heavy atom. The molecule has 2 aliphatic heterocycles. The smallest absolute Gasteiger partial charge is 0.255 e. The zero-order valence-electron chi connectivity index (χ0n) is 18.3. The van der Waals surface area contributed by atoms with Crippen molar-refractivity contribution in [2.45, 2.75) is 25.7 Å². The van der Waals surface area contributed by atoms with Crippen LogP contribution in [0.15, 0.2) is 36.4 Å². The Bertz CT molecular complexity index is 972. The number of hydrogen-bond acceptors (Lipinski definition) is 6. The van der Waals surface area contributed by atoms with Crippen molar-refractivity contribution >= 4 is 23.2 Å². The number of rotatable bonds is 8. The molecule has 8 nitrogen and oxygen atoms in total. The third kappa shape index (κ3) is 5.13. The molecule has 0 unspecified atom stereocenters. The highest BCUT2D eigenvalue weighted by atomic mass is 16.7. The summed E-state index contributed by atoms with van der Waals surface area (Å²) < 4.78 is 15.7. The van der Waals surface area contributed by atoms with Crippen LogP contribution in [0.3, 0.4) is 0 Å². The number of nitrogens with one attached hydrogen (secondary N) is 2. The van der Waals surface area contributed by atoms with Gasteiger partial charge in [0.15, 0.2) is 11.5 Å². The number of anilines is 2. The molecule has 2 amide bonds. The SMILES string of the molecule is COCCCNC(=O)c1cc(NC(=O)c2ccc3c(c2)OCO3)ccc1N1CCCCC1. The molecule has 2 aromatic rings. The molecule has 0 spiro atoms. The predicted octanol–water partition coefficient (Wildman–Crippen LogP) is 3.42. The van der Waals surface area contributed by atoms with Crippen LogP contribution in [0.1, 0.15) is 46.4 Å². The molecule has 8 heteroatoms. The van der Waals surface area contributed by atoms with Gasteiger partial charge in [-0.1, -0.05) is 0 Å². The number of carbonyl (C=O) groups excluding carboxylic acids is 2. The third-order valence-electron chi connectivity index (χ3n) is 5.64. The summed E-state index contributed by atoms with van der Waals surface area (Å²) in [4.78, 5) is 28.0. The lowest BCUT2D eigenvalue weighted by Crippen LogP contribution is -2.33. The van der Waals surface area contributed by atoms with Crippen LogP contribution in [0.2, 0.25) is 0 Å². The summed E-state index contributed by atoms with van der Waals surface area (Å²) in [6, 6.07) is 10.6. The van der Waals surface area contributed by atoms with Gasteiger partial charge in [-0.3, -0.25) is 9.59 Å². The zero-order valence-corrected chi connectivity index (χ0v) is 18.3. The van der Waals surface area contributed by atoms with E-state index in [1.807, 2.05) is 12.1 Å². The number of amides is 2. The number of methoxy groups -OCH3 is 1. The summed E-state index contributed by atoms with van der Waals surface area (Å²) in [6.45, 7) is 3.12. The van der Waals surface area contributed by atoms with Crippen LogP contribution < -0.4 is 25.0 Å². The molecule has 170 valence electrons. The molecule has 0 bridgehead atoms. The van der Waals surface area contributed by atoms with Gasteiger partial charge in [0.05, 0.1) is 5.56 Å². The lowest BCUT2D eigenvalue weighted by atomic mass is 10.1. The Labute approximate surface area is 187 Å². The molecule has 0 aromatic heterocycles. The van der Waals surface area contributed by atoms with E-state index in [-0.39, 0.29) is 18.6 Å². The van der Waals surface area contributed by atoms with Crippen molar-refractivity contribution < 1.29 is 23.8 Å². The number of benzene rings is 2. The second-order valence-electron chi connectivity index (χ2n) is 7.90. The monoisotopic (exact) mass is 439 g/mol. The molecule has 2 N–H and O–H groups in total. The molecular weight excluding hydrogens is 410 g/mol. The molecule has 2 heterocycles. The third-order valence-corrected chi connectivity index (χ3v) is 5.64. The fraction of sp³-hybridized carbons (Fsp3) is 0.417. The number of fused-ring (bicyclic) bond motifs is 1. The second kappa shape index (κ2) is 10.4. The van der Waals surface area contributed by atoms with Crippen LogP contribution >= 0.6 is 0 Å². The Morgan fingerprint density at radius 3 is 2.62 bits per heavy atom. The van der Waals surface area contributed by atoms with E-state index in [4.69, 9.17) is 14.2 Å². The molecule has 0 saturated carbocycles. The largest absolute Gasteiger partial charge is 0.454 e. The summed E-state index contributed by atoms with van der Waals surface area (Å²) in [5, 5.41) is 5.86. The van der Waals surface area contributed by atoms with Gasteiger partial charge in [0, 0.05) is 50.3 Å². The van der Waals surface area contributed by atoms with Crippen molar-refractivity contribution in [3.63, 3.8) is 0 Å². The van der Waals surface area contributed by atoms with Gasteiger partial charge in [-0.2, -0.15) is 0 Å². The maximum atomic E-state index is 13.0. The van der Waals surface area contributed by atoms with Gasteiger partial charge < -0.3 is 29.7 Å². The molecule has 1 saturated heterocycles. The minimum Gasteiger partial charge on any atom is -0.454 e. The summed E-state index contributed by atoms with van der Waals surface area (Å²) in [7, 11) is 1.64.